The number of alkyl halides is 4. The lowest BCUT2D eigenvalue weighted by molar-refractivity contribution is -0.177. The van der Waals surface area contributed by atoms with Crippen molar-refractivity contribution in [2.24, 2.45) is 0 Å². The molecule has 0 spiro atoms. The number of amides is 1. The van der Waals surface area contributed by atoms with Gasteiger partial charge in [0.25, 0.3) is 0 Å². The number of carbonyl (C=O) groups excluding carboxylic acids is 1. The van der Waals surface area contributed by atoms with Crippen molar-refractivity contribution in [3.05, 3.63) is 0 Å². The van der Waals surface area contributed by atoms with Crippen molar-refractivity contribution in [3.8, 4) is 0 Å². The summed E-state index contributed by atoms with van der Waals surface area (Å²) in [5.41, 5.74) is 0. The first-order valence-electron chi connectivity index (χ1n) is 4.94. The monoisotopic (exact) mass is 303 g/mol. The highest BCUT2D eigenvalue weighted by atomic mass is 79.9. The van der Waals surface area contributed by atoms with Crippen LogP contribution >= 0.6 is 15.9 Å². The van der Waals surface area contributed by atoms with Crippen molar-refractivity contribution in [3.63, 3.8) is 0 Å². The Labute approximate surface area is 100 Å². The average Bonchev–Trinajstić information content (AvgIpc) is 2.95. The van der Waals surface area contributed by atoms with Crippen LogP contribution in [0.3, 0.4) is 0 Å². The first-order valence-corrected chi connectivity index (χ1v) is 6.06. The Kier molecular flexibility index (Phi) is 5.04. The molecule has 3 nitrogen and oxygen atoms in total. The highest BCUT2D eigenvalue weighted by molar-refractivity contribution is 9.09. The minimum atomic E-state index is -4.37. The lowest BCUT2D eigenvalue weighted by atomic mass is 10.4. The van der Waals surface area contributed by atoms with Crippen molar-refractivity contribution in [2.75, 3.05) is 25.1 Å². The molecule has 0 bridgehead atoms. The molecule has 0 unspecified atom stereocenters. The molecule has 1 fully saturated rings. The van der Waals surface area contributed by atoms with Crippen molar-refractivity contribution in [1.29, 1.82) is 0 Å². The second-order valence-corrected chi connectivity index (χ2v) is 4.41. The van der Waals surface area contributed by atoms with E-state index in [4.69, 9.17) is 0 Å². The highest BCUT2D eigenvalue weighted by Crippen LogP contribution is 2.27. The zero-order chi connectivity index (χ0) is 12.2. The molecule has 0 aromatic carbocycles. The van der Waals surface area contributed by atoms with Gasteiger partial charge in [-0.2, -0.15) is 13.2 Å². The molecule has 1 amide bonds. The van der Waals surface area contributed by atoms with Crippen molar-refractivity contribution < 1.29 is 22.7 Å². The Morgan fingerprint density at radius 3 is 2.50 bits per heavy atom. The van der Waals surface area contributed by atoms with Crippen LogP contribution in [0.4, 0.5) is 13.2 Å². The van der Waals surface area contributed by atoms with E-state index in [-0.39, 0.29) is 11.9 Å². The molecule has 0 atom stereocenters. The molecule has 1 rings (SSSR count). The summed E-state index contributed by atoms with van der Waals surface area (Å²) in [6.07, 6.45) is -2.52. The van der Waals surface area contributed by atoms with E-state index in [2.05, 4.69) is 20.7 Å². The molecule has 16 heavy (non-hydrogen) atoms. The van der Waals surface area contributed by atoms with E-state index in [0.29, 0.717) is 11.9 Å². The number of ether oxygens (including phenoxy) is 1. The topological polar surface area (TPSA) is 29.5 Å². The Morgan fingerprint density at radius 1 is 1.44 bits per heavy atom. The minimum Gasteiger partial charge on any atom is -0.362 e. The second-order valence-electron chi connectivity index (χ2n) is 3.62. The largest absolute Gasteiger partial charge is 0.411 e. The molecule has 1 saturated carbocycles. The summed E-state index contributed by atoms with van der Waals surface area (Å²) in [6, 6.07) is 0.194. The van der Waals surface area contributed by atoms with Gasteiger partial charge in [0.1, 0.15) is 13.2 Å². The van der Waals surface area contributed by atoms with Crippen LogP contribution in [0.25, 0.3) is 0 Å². The Hall–Kier alpha value is -0.300. The summed E-state index contributed by atoms with van der Waals surface area (Å²) >= 11 is 3.20. The van der Waals surface area contributed by atoms with Crippen LogP contribution in [0.15, 0.2) is 0 Å². The van der Waals surface area contributed by atoms with E-state index in [1.165, 1.54) is 0 Å². The van der Waals surface area contributed by atoms with Gasteiger partial charge < -0.3 is 9.64 Å². The predicted octanol–water partition coefficient (Wildman–Crippen LogP) is 1.95. The van der Waals surface area contributed by atoms with E-state index < -0.39 is 19.4 Å². The van der Waals surface area contributed by atoms with Gasteiger partial charge in [-0.05, 0) is 12.8 Å². The maximum atomic E-state index is 11.8. The van der Waals surface area contributed by atoms with Gasteiger partial charge >= 0.3 is 6.18 Å². The van der Waals surface area contributed by atoms with Gasteiger partial charge in [-0.1, -0.05) is 15.9 Å². The SMILES string of the molecule is O=C(COCC(F)(F)F)N(CCBr)C1CC1. The van der Waals surface area contributed by atoms with Crippen LogP contribution < -0.4 is 0 Å². The zero-order valence-corrected chi connectivity index (χ0v) is 10.2. The van der Waals surface area contributed by atoms with Crippen molar-refractivity contribution in [2.45, 2.75) is 25.1 Å². The van der Waals surface area contributed by atoms with Crippen LogP contribution in [-0.4, -0.2) is 48.1 Å². The standard InChI is InChI=1S/C9H13BrF3NO2/c10-3-4-14(7-1-2-7)8(15)5-16-6-9(11,12)13/h7H,1-6H2. The fourth-order valence-corrected chi connectivity index (χ4v) is 1.71. The third-order valence-corrected chi connectivity index (χ3v) is 2.48. The lowest BCUT2D eigenvalue weighted by Crippen LogP contribution is -2.38. The second kappa shape index (κ2) is 5.86. The van der Waals surface area contributed by atoms with Crippen LogP contribution in [-0.2, 0) is 9.53 Å². The number of hydrogen-bond acceptors (Lipinski definition) is 2. The summed E-state index contributed by atoms with van der Waals surface area (Å²) < 4.78 is 39.6. The van der Waals surface area contributed by atoms with Gasteiger partial charge in [-0.15, -0.1) is 0 Å². The Balaban J connectivity index is 2.26. The number of halogens is 4. The fourth-order valence-electron chi connectivity index (χ4n) is 1.33. The van der Waals surface area contributed by atoms with Crippen molar-refractivity contribution >= 4 is 21.8 Å². The van der Waals surface area contributed by atoms with E-state index >= 15 is 0 Å². The predicted molar refractivity (Wildman–Crippen MR) is 55.4 cm³/mol. The molecular formula is C9H13BrF3NO2. The van der Waals surface area contributed by atoms with Gasteiger partial charge in [0.15, 0.2) is 0 Å². The Bertz CT molecular complexity index is 243. The van der Waals surface area contributed by atoms with E-state index in [0.717, 1.165) is 12.8 Å². The summed E-state index contributed by atoms with van der Waals surface area (Å²) in [4.78, 5) is 13.1. The number of rotatable bonds is 6. The first kappa shape index (κ1) is 13.8. The summed E-state index contributed by atoms with van der Waals surface area (Å²) in [7, 11) is 0. The molecule has 7 heteroatoms. The van der Waals surface area contributed by atoms with E-state index in [9.17, 15) is 18.0 Å². The van der Waals surface area contributed by atoms with Gasteiger partial charge in [-0.25, -0.2) is 0 Å². The van der Waals surface area contributed by atoms with Crippen LogP contribution in [0, 0.1) is 0 Å². The fraction of sp³-hybridized carbons (Fsp3) is 0.889. The first-order chi connectivity index (χ1) is 7.44. The molecule has 0 saturated heterocycles. The molecule has 0 aromatic heterocycles. The molecule has 1 aliphatic rings. The smallest absolute Gasteiger partial charge is 0.362 e. The third-order valence-electron chi connectivity index (χ3n) is 2.12. The highest BCUT2D eigenvalue weighted by Gasteiger charge is 2.33. The van der Waals surface area contributed by atoms with Crippen LogP contribution in [0.2, 0.25) is 0 Å². The minimum absolute atomic E-state index is 0.194. The third kappa shape index (κ3) is 5.16. The number of carbonyl (C=O) groups is 1. The molecule has 0 aromatic rings. The maximum Gasteiger partial charge on any atom is 0.411 e. The number of nitrogens with zero attached hydrogens (tertiary/aromatic N) is 1. The molecule has 0 heterocycles. The summed E-state index contributed by atoms with van der Waals surface area (Å²) in [6.45, 7) is -1.35. The van der Waals surface area contributed by atoms with Crippen molar-refractivity contribution in [1.82, 2.24) is 4.90 Å². The van der Waals surface area contributed by atoms with Gasteiger partial charge in [-0.3, -0.25) is 4.79 Å². The number of hydrogen-bond donors (Lipinski definition) is 0. The molecule has 1 aliphatic carbocycles. The van der Waals surface area contributed by atoms with Crippen LogP contribution in [0.5, 0.6) is 0 Å². The zero-order valence-electron chi connectivity index (χ0n) is 8.60. The lowest BCUT2D eigenvalue weighted by Gasteiger charge is -2.21. The average molecular weight is 304 g/mol. The van der Waals surface area contributed by atoms with Gasteiger partial charge in [0.05, 0.1) is 0 Å². The quantitative estimate of drug-likeness (QED) is 0.702. The van der Waals surface area contributed by atoms with E-state index in [1.54, 1.807) is 4.90 Å². The molecular weight excluding hydrogens is 291 g/mol. The van der Waals surface area contributed by atoms with Gasteiger partial charge in [0.2, 0.25) is 5.91 Å². The van der Waals surface area contributed by atoms with Crippen LogP contribution in [0.1, 0.15) is 12.8 Å². The molecule has 0 radical (unpaired) electrons. The molecule has 94 valence electrons. The summed E-state index contributed by atoms with van der Waals surface area (Å²) in [5.74, 6) is -0.369. The van der Waals surface area contributed by atoms with Gasteiger partial charge in [0, 0.05) is 17.9 Å². The summed E-state index contributed by atoms with van der Waals surface area (Å²) in [5, 5.41) is 0.620. The maximum absolute atomic E-state index is 11.8. The normalized spacial score (nSPS) is 16.2. The Morgan fingerprint density at radius 2 is 2.06 bits per heavy atom. The molecule has 0 N–H and O–H groups in total. The van der Waals surface area contributed by atoms with E-state index in [1.807, 2.05) is 0 Å². The molecule has 0 aliphatic heterocycles.